The maximum atomic E-state index is 14.3. The van der Waals surface area contributed by atoms with E-state index in [4.69, 9.17) is 23.2 Å². The van der Waals surface area contributed by atoms with Gasteiger partial charge >= 0.3 is 0 Å². The highest BCUT2D eigenvalue weighted by atomic mass is 35.5. The third-order valence-corrected chi connectivity index (χ3v) is 9.74. The molecule has 0 unspecified atom stereocenters. The van der Waals surface area contributed by atoms with E-state index in [1.807, 2.05) is 12.1 Å². The number of nitrogens with zero attached hydrogens (tertiary/aromatic N) is 1. The second-order valence-corrected chi connectivity index (χ2v) is 13.8. The lowest BCUT2D eigenvalue weighted by atomic mass is 9.76. The number of fused-ring (bicyclic) bond motifs is 1. The summed E-state index contributed by atoms with van der Waals surface area (Å²) in [5.74, 6) is -1.22. The van der Waals surface area contributed by atoms with Gasteiger partial charge < -0.3 is 10.2 Å². The minimum Gasteiger partial charge on any atom is -0.355 e. The Labute approximate surface area is 253 Å². The van der Waals surface area contributed by atoms with Crippen molar-refractivity contribution in [2.24, 2.45) is 0 Å². The zero-order valence-corrected chi connectivity index (χ0v) is 26.4. The standard InChI is InChI=1S/C31H39Cl2N3O4S/c1-5-19(2)20(3)16-17-34-30(37)28-22-10-6-7-11-23(22)31(38)36(29(28)24-15-14-21(32)18-25(24)33)27-13-9-8-12-26(27)35-41(4,39)40/h6-7,10-11,14-15,18,26-29,35H,5,8-9,12-13,16-17H2,1-4H3,(H,34,37)/b20-19+/t26-,27-,28+,29-/m0/s1. The van der Waals surface area contributed by atoms with Gasteiger partial charge in [-0.2, -0.15) is 0 Å². The number of halogens is 2. The molecule has 1 aliphatic heterocycles. The molecule has 7 nitrogen and oxygen atoms in total. The van der Waals surface area contributed by atoms with Gasteiger partial charge in [0.2, 0.25) is 15.9 Å². The van der Waals surface area contributed by atoms with Crippen LogP contribution in [-0.4, -0.2) is 50.0 Å². The lowest BCUT2D eigenvalue weighted by Gasteiger charge is -2.49. The second kappa shape index (κ2) is 13.3. The number of benzene rings is 2. The summed E-state index contributed by atoms with van der Waals surface area (Å²) in [7, 11) is -3.54. The maximum absolute atomic E-state index is 14.3. The van der Waals surface area contributed by atoms with E-state index in [-0.39, 0.29) is 11.8 Å². The molecule has 1 heterocycles. The van der Waals surface area contributed by atoms with Crippen molar-refractivity contribution in [1.82, 2.24) is 14.9 Å². The molecule has 0 bridgehead atoms. The number of allylic oxidation sites excluding steroid dienone is 1. The van der Waals surface area contributed by atoms with Gasteiger partial charge in [-0.1, -0.05) is 78.4 Å². The van der Waals surface area contributed by atoms with E-state index in [9.17, 15) is 18.0 Å². The molecule has 2 aliphatic rings. The molecule has 0 aromatic heterocycles. The zero-order chi connectivity index (χ0) is 29.9. The monoisotopic (exact) mass is 619 g/mol. The number of carbonyl (C=O) groups is 2. The quantitative estimate of drug-likeness (QED) is 0.318. The summed E-state index contributed by atoms with van der Waals surface area (Å²) in [5.41, 5.74) is 4.20. The smallest absolute Gasteiger partial charge is 0.255 e. The normalized spacial score (nSPS) is 23.6. The summed E-state index contributed by atoms with van der Waals surface area (Å²) < 4.78 is 27.5. The first-order chi connectivity index (χ1) is 19.4. The third-order valence-electron chi connectivity index (χ3n) is 8.45. The van der Waals surface area contributed by atoms with Crippen molar-refractivity contribution >= 4 is 45.0 Å². The summed E-state index contributed by atoms with van der Waals surface area (Å²) >= 11 is 13.0. The maximum Gasteiger partial charge on any atom is 0.255 e. The second-order valence-electron chi connectivity index (χ2n) is 11.2. The minimum absolute atomic E-state index is 0.212. The van der Waals surface area contributed by atoms with Crippen molar-refractivity contribution in [2.75, 3.05) is 12.8 Å². The number of hydrogen-bond donors (Lipinski definition) is 2. The number of rotatable bonds is 9. The van der Waals surface area contributed by atoms with Crippen LogP contribution in [0.2, 0.25) is 10.0 Å². The fourth-order valence-corrected chi connectivity index (χ4v) is 7.47. The van der Waals surface area contributed by atoms with Gasteiger partial charge in [0.15, 0.2) is 0 Å². The molecule has 2 aromatic carbocycles. The lowest BCUT2D eigenvalue weighted by Crippen LogP contribution is -2.59. The molecule has 0 radical (unpaired) electrons. The Morgan fingerprint density at radius 2 is 1.73 bits per heavy atom. The Balaban J connectivity index is 1.84. The predicted molar refractivity (Wildman–Crippen MR) is 165 cm³/mol. The van der Waals surface area contributed by atoms with Crippen molar-refractivity contribution < 1.29 is 18.0 Å². The molecule has 41 heavy (non-hydrogen) atoms. The van der Waals surface area contributed by atoms with Crippen molar-refractivity contribution in [2.45, 2.75) is 83.3 Å². The summed E-state index contributed by atoms with van der Waals surface area (Å²) in [4.78, 5) is 30.2. The van der Waals surface area contributed by atoms with Gasteiger partial charge in [-0.3, -0.25) is 9.59 Å². The van der Waals surface area contributed by atoms with Crippen molar-refractivity contribution in [1.29, 1.82) is 0 Å². The lowest BCUT2D eigenvalue weighted by molar-refractivity contribution is -0.124. The van der Waals surface area contributed by atoms with E-state index in [0.717, 1.165) is 31.9 Å². The van der Waals surface area contributed by atoms with Crippen LogP contribution >= 0.6 is 23.2 Å². The van der Waals surface area contributed by atoms with Gasteiger partial charge in [-0.15, -0.1) is 0 Å². The van der Waals surface area contributed by atoms with Crippen LogP contribution in [-0.2, 0) is 14.8 Å². The van der Waals surface area contributed by atoms with E-state index in [0.29, 0.717) is 46.1 Å². The first-order valence-electron chi connectivity index (χ1n) is 14.2. The molecule has 10 heteroatoms. The van der Waals surface area contributed by atoms with Crippen LogP contribution in [0, 0.1) is 0 Å². The fraction of sp³-hybridized carbons (Fsp3) is 0.484. The minimum atomic E-state index is -3.54. The van der Waals surface area contributed by atoms with Crippen LogP contribution < -0.4 is 10.0 Å². The van der Waals surface area contributed by atoms with Crippen LogP contribution in [0.25, 0.3) is 0 Å². The van der Waals surface area contributed by atoms with Crippen molar-refractivity contribution in [3.05, 3.63) is 80.3 Å². The number of carbonyl (C=O) groups excluding carboxylic acids is 2. The highest BCUT2D eigenvalue weighted by molar-refractivity contribution is 7.88. The highest BCUT2D eigenvalue weighted by Gasteiger charge is 2.49. The predicted octanol–water partition coefficient (Wildman–Crippen LogP) is 6.39. The molecular weight excluding hydrogens is 581 g/mol. The molecule has 2 aromatic rings. The summed E-state index contributed by atoms with van der Waals surface area (Å²) in [6, 6.07) is 10.5. The van der Waals surface area contributed by atoms with Gasteiger partial charge in [-0.05, 0) is 68.9 Å². The molecule has 4 atom stereocenters. The van der Waals surface area contributed by atoms with Crippen LogP contribution in [0.4, 0.5) is 0 Å². The molecule has 1 fully saturated rings. The SMILES string of the molecule is CC/C(C)=C(\C)CCNC(=O)[C@@H]1c2ccccc2C(=O)N([C@H]2CCCC[C@@H]2NS(C)(=O)=O)[C@H]1c1ccc(Cl)cc1Cl. The Morgan fingerprint density at radius 3 is 2.41 bits per heavy atom. The molecule has 2 N–H and O–H groups in total. The highest BCUT2D eigenvalue weighted by Crippen LogP contribution is 2.47. The Hall–Kier alpha value is -2.39. The largest absolute Gasteiger partial charge is 0.355 e. The van der Waals surface area contributed by atoms with Crippen LogP contribution in [0.1, 0.15) is 92.7 Å². The molecule has 4 rings (SSSR count). The number of hydrogen-bond acceptors (Lipinski definition) is 4. The Kier molecular flexibility index (Phi) is 10.2. The first-order valence-corrected chi connectivity index (χ1v) is 16.8. The van der Waals surface area contributed by atoms with Crippen molar-refractivity contribution in [3.8, 4) is 0 Å². The van der Waals surface area contributed by atoms with E-state index in [1.165, 1.54) is 11.1 Å². The Bertz CT molecular complexity index is 1440. The summed E-state index contributed by atoms with van der Waals surface area (Å²) in [5, 5.41) is 3.92. The van der Waals surface area contributed by atoms with Gasteiger partial charge in [0, 0.05) is 34.2 Å². The van der Waals surface area contributed by atoms with Gasteiger partial charge in [0.25, 0.3) is 5.91 Å². The van der Waals surface area contributed by atoms with E-state index >= 15 is 0 Å². The van der Waals surface area contributed by atoms with E-state index in [2.05, 4.69) is 30.8 Å². The number of nitrogens with one attached hydrogen (secondary N) is 2. The van der Waals surface area contributed by atoms with Gasteiger partial charge in [0.1, 0.15) is 0 Å². The first kappa shape index (κ1) is 31.5. The molecule has 1 aliphatic carbocycles. The third kappa shape index (κ3) is 7.16. The average molecular weight is 621 g/mol. The molecule has 0 saturated heterocycles. The number of amides is 2. The molecule has 2 amide bonds. The van der Waals surface area contributed by atoms with Crippen molar-refractivity contribution in [3.63, 3.8) is 0 Å². The topological polar surface area (TPSA) is 95.6 Å². The van der Waals surface area contributed by atoms with Crippen LogP contribution in [0.5, 0.6) is 0 Å². The van der Waals surface area contributed by atoms with E-state index in [1.54, 1.807) is 35.2 Å². The van der Waals surface area contributed by atoms with E-state index < -0.39 is 34.1 Å². The molecular formula is C31H39Cl2N3O4S. The van der Waals surface area contributed by atoms with Gasteiger partial charge in [-0.25, -0.2) is 13.1 Å². The molecule has 1 saturated carbocycles. The van der Waals surface area contributed by atoms with Crippen LogP contribution in [0.3, 0.4) is 0 Å². The molecule has 222 valence electrons. The Morgan fingerprint density at radius 1 is 1.02 bits per heavy atom. The summed E-state index contributed by atoms with van der Waals surface area (Å²) in [6.07, 6.45) is 5.65. The fourth-order valence-electron chi connectivity index (χ4n) is 6.13. The zero-order valence-electron chi connectivity index (χ0n) is 24.0. The number of sulfonamides is 1. The average Bonchev–Trinajstić information content (AvgIpc) is 2.92. The van der Waals surface area contributed by atoms with Crippen LogP contribution in [0.15, 0.2) is 53.6 Å². The van der Waals surface area contributed by atoms with Gasteiger partial charge in [0.05, 0.1) is 18.2 Å². The summed E-state index contributed by atoms with van der Waals surface area (Å²) in [6.45, 7) is 6.74. The molecule has 0 spiro atoms.